The van der Waals surface area contributed by atoms with E-state index in [1.807, 2.05) is 47.3 Å². The molecule has 0 saturated carbocycles. The van der Waals surface area contributed by atoms with E-state index >= 15 is 0 Å². The third kappa shape index (κ3) is 3.95. The molecule has 0 spiro atoms. The van der Waals surface area contributed by atoms with Crippen LogP contribution in [0.15, 0.2) is 42.7 Å². The van der Waals surface area contributed by atoms with Crippen molar-refractivity contribution >= 4 is 27.5 Å². The third-order valence-corrected chi connectivity index (χ3v) is 5.54. The van der Waals surface area contributed by atoms with Crippen LogP contribution in [0.2, 0.25) is 0 Å². The van der Waals surface area contributed by atoms with Crippen LogP contribution >= 0.6 is 11.3 Å². The molecule has 1 aromatic carbocycles. The normalized spacial score (nSPS) is 15.4. The summed E-state index contributed by atoms with van der Waals surface area (Å²) in [7, 11) is 0. The fourth-order valence-corrected chi connectivity index (χ4v) is 4.03. The molecule has 1 amide bonds. The smallest absolute Gasteiger partial charge is 0.251 e. The van der Waals surface area contributed by atoms with E-state index in [1.54, 1.807) is 11.3 Å². The van der Waals surface area contributed by atoms with Crippen LogP contribution in [-0.2, 0) is 4.74 Å². The molecule has 0 unspecified atom stereocenters. The van der Waals surface area contributed by atoms with E-state index in [0.717, 1.165) is 54.6 Å². The summed E-state index contributed by atoms with van der Waals surface area (Å²) in [6, 6.07) is 9.64. The molecule has 0 atom stereocenters. The third-order valence-electron chi connectivity index (χ3n) is 4.51. The van der Waals surface area contributed by atoms with Crippen molar-refractivity contribution in [2.24, 2.45) is 0 Å². The Balaban J connectivity index is 1.34. The summed E-state index contributed by atoms with van der Waals surface area (Å²) in [6.07, 6.45) is 4.89. The lowest BCUT2D eigenvalue weighted by Crippen LogP contribution is -2.38. The molecule has 1 aliphatic heterocycles. The number of thiazole rings is 1. The maximum atomic E-state index is 12.4. The minimum Gasteiger partial charge on any atom is -0.379 e. The van der Waals surface area contributed by atoms with Crippen molar-refractivity contribution in [2.75, 3.05) is 39.4 Å². The first-order valence-corrected chi connectivity index (χ1v) is 9.73. The minimum absolute atomic E-state index is 0.0233. The zero-order chi connectivity index (χ0) is 17.8. The van der Waals surface area contributed by atoms with Gasteiger partial charge in [0, 0.05) is 37.6 Å². The monoisotopic (exact) mass is 370 g/mol. The van der Waals surface area contributed by atoms with Crippen molar-refractivity contribution in [2.45, 2.75) is 6.42 Å². The van der Waals surface area contributed by atoms with Crippen LogP contribution in [0.5, 0.6) is 0 Å². The molecule has 3 heterocycles. The van der Waals surface area contributed by atoms with Crippen LogP contribution in [-0.4, -0.2) is 59.8 Å². The first-order valence-electron chi connectivity index (χ1n) is 8.92. The molecule has 2 aromatic heterocycles. The quantitative estimate of drug-likeness (QED) is 0.678. The Hall–Kier alpha value is -2.22. The standard InChI is InChI=1S/C19H22N4O2S/c24-18(20-6-3-7-22-10-12-25-13-11-22)15-4-5-16-17(14-15)26-19(21-16)23-8-1-2-9-23/h1-2,4-5,8-9,14H,3,6-7,10-13H2,(H,20,24). The Morgan fingerprint density at radius 2 is 2.04 bits per heavy atom. The van der Waals surface area contributed by atoms with E-state index in [0.29, 0.717) is 12.1 Å². The summed E-state index contributed by atoms with van der Waals surface area (Å²) in [6.45, 7) is 5.28. The zero-order valence-electron chi connectivity index (χ0n) is 14.6. The van der Waals surface area contributed by atoms with Crippen LogP contribution < -0.4 is 5.32 Å². The van der Waals surface area contributed by atoms with Crippen molar-refractivity contribution in [3.63, 3.8) is 0 Å². The van der Waals surface area contributed by atoms with Crippen molar-refractivity contribution in [1.29, 1.82) is 0 Å². The summed E-state index contributed by atoms with van der Waals surface area (Å²) >= 11 is 1.59. The highest BCUT2D eigenvalue weighted by atomic mass is 32.1. The Bertz CT molecular complexity index is 869. The van der Waals surface area contributed by atoms with Crippen molar-refractivity contribution in [3.8, 4) is 5.13 Å². The van der Waals surface area contributed by atoms with Gasteiger partial charge in [0.1, 0.15) is 0 Å². The van der Waals surface area contributed by atoms with Crippen LogP contribution in [0.3, 0.4) is 0 Å². The summed E-state index contributed by atoms with van der Waals surface area (Å²) < 4.78 is 8.35. The lowest BCUT2D eigenvalue weighted by molar-refractivity contribution is 0.0374. The van der Waals surface area contributed by atoms with E-state index in [2.05, 4.69) is 15.2 Å². The molecule has 26 heavy (non-hydrogen) atoms. The van der Waals surface area contributed by atoms with Crippen LogP contribution in [0.25, 0.3) is 15.3 Å². The largest absolute Gasteiger partial charge is 0.379 e. The van der Waals surface area contributed by atoms with E-state index in [9.17, 15) is 4.79 Å². The molecule has 1 N–H and O–H groups in total. The second-order valence-corrected chi connectivity index (χ2v) is 7.34. The molecule has 3 aromatic rings. The van der Waals surface area contributed by atoms with Gasteiger partial charge in [0.25, 0.3) is 5.91 Å². The fourth-order valence-electron chi connectivity index (χ4n) is 3.06. The molecule has 1 saturated heterocycles. The summed E-state index contributed by atoms with van der Waals surface area (Å²) in [4.78, 5) is 19.4. The number of nitrogens with one attached hydrogen (secondary N) is 1. The number of ether oxygens (including phenoxy) is 1. The zero-order valence-corrected chi connectivity index (χ0v) is 15.4. The van der Waals surface area contributed by atoms with Gasteiger partial charge in [-0.2, -0.15) is 0 Å². The van der Waals surface area contributed by atoms with Gasteiger partial charge >= 0.3 is 0 Å². The second-order valence-electron chi connectivity index (χ2n) is 6.33. The van der Waals surface area contributed by atoms with Crippen LogP contribution in [0.4, 0.5) is 0 Å². The van der Waals surface area contributed by atoms with Gasteiger partial charge in [-0.3, -0.25) is 9.69 Å². The highest BCUT2D eigenvalue weighted by molar-refractivity contribution is 7.20. The first-order chi connectivity index (χ1) is 12.8. The Morgan fingerprint density at radius 1 is 1.23 bits per heavy atom. The van der Waals surface area contributed by atoms with Gasteiger partial charge in [-0.15, -0.1) is 0 Å². The topological polar surface area (TPSA) is 59.4 Å². The SMILES string of the molecule is O=C(NCCCN1CCOCC1)c1ccc2nc(-n3cccc3)sc2c1. The number of morpholine rings is 1. The van der Waals surface area contributed by atoms with Gasteiger partial charge in [0.2, 0.25) is 0 Å². The first kappa shape index (κ1) is 17.2. The van der Waals surface area contributed by atoms with E-state index < -0.39 is 0 Å². The molecule has 0 bridgehead atoms. The van der Waals surface area contributed by atoms with Gasteiger partial charge in [-0.05, 0) is 43.3 Å². The molecule has 0 radical (unpaired) electrons. The molecule has 136 valence electrons. The number of amides is 1. The van der Waals surface area contributed by atoms with Crippen LogP contribution in [0.1, 0.15) is 16.8 Å². The van der Waals surface area contributed by atoms with E-state index in [4.69, 9.17) is 4.74 Å². The lowest BCUT2D eigenvalue weighted by atomic mass is 10.2. The number of hydrogen-bond acceptors (Lipinski definition) is 5. The molecular formula is C19H22N4O2S. The van der Waals surface area contributed by atoms with Crippen molar-refractivity contribution in [1.82, 2.24) is 19.8 Å². The number of fused-ring (bicyclic) bond motifs is 1. The molecule has 1 fully saturated rings. The predicted octanol–water partition coefficient (Wildman–Crippen LogP) is 2.54. The van der Waals surface area contributed by atoms with Gasteiger partial charge in [0.15, 0.2) is 5.13 Å². The van der Waals surface area contributed by atoms with Crippen LogP contribution in [0, 0.1) is 0 Å². The molecule has 7 heteroatoms. The maximum Gasteiger partial charge on any atom is 0.251 e. The highest BCUT2D eigenvalue weighted by Crippen LogP contribution is 2.26. The van der Waals surface area contributed by atoms with Crippen molar-refractivity contribution < 1.29 is 9.53 Å². The summed E-state index contributed by atoms with van der Waals surface area (Å²) in [5, 5.41) is 3.93. The molecule has 6 nitrogen and oxygen atoms in total. The number of carbonyl (C=O) groups excluding carboxylic acids is 1. The van der Waals surface area contributed by atoms with Gasteiger partial charge < -0.3 is 14.6 Å². The number of rotatable bonds is 6. The van der Waals surface area contributed by atoms with Gasteiger partial charge in [-0.1, -0.05) is 11.3 Å². The number of aromatic nitrogens is 2. The molecule has 4 rings (SSSR count). The maximum absolute atomic E-state index is 12.4. The highest BCUT2D eigenvalue weighted by Gasteiger charge is 2.12. The van der Waals surface area contributed by atoms with E-state index in [1.165, 1.54) is 0 Å². The summed E-state index contributed by atoms with van der Waals surface area (Å²) in [5.74, 6) is -0.0233. The average molecular weight is 370 g/mol. The molecule has 1 aliphatic rings. The Kier molecular flexibility index (Phi) is 5.29. The van der Waals surface area contributed by atoms with E-state index in [-0.39, 0.29) is 5.91 Å². The minimum atomic E-state index is -0.0233. The number of benzene rings is 1. The number of nitrogens with zero attached hydrogens (tertiary/aromatic N) is 3. The van der Waals surface area contributed by atoms with Gasteiger partial charge in [-0.25, -0.2) is 4.98 Å². The number of hydrogen-bond donors (Lipinski definition) is 1. The average Bonchev–Trinajstić information content (AvgIpc) is 3.34. The fraction of sp³-hybridized carbons (Fsp3) is 0.368. The number of carbonyl (C=O) groups is 1. The van der Waals surface area contributed by atoms with Gasteiger partial charge in [0.05, 0.1) is 23.4 Å². The second kappa shape index (κ2) is 7.99. The Labute approximate surface area is 156 Å². The lowest BCUT2D eigenvalue weighted by Gasteiger charge is -2.26. The molecular weight excluding hydrogens is 348 g/mol. The summed E-state index contributed by atoms with van der Waals surface area (Å²) in [5.41, 5.74) is 1.61. The Morgan fingerprint density at radius 3 is 2.85 bits per heavy atom. The predicted molar refractivity (Wildman–Crippen MR) is 103 cm³/mol. The molecule has 0 aliphatic carbocycles. The van der Waals surface area contributed by atoms with Crippen molar-refractivity contribution in [3.05, 3.63) is 48.3 Å².